The van der Waals surface area contributed by atoms with E-state index in [9.17, 15) is 9.18 Å². The van der Waals surface area contributed by atoms with Crippen molar-refractivity contribution in [3.8, 4) is 0 Å². The van der Waals surface area contributed by atoms with Gasteiger partial charge in [0.25, 0.3) is 5.91 Å². The molecular weight excluding hydrogens is 207 g/mol. The lowest BCUT2D eigenvalue weighted by Crippen LogP contribution is -2.33. The quantitative estimate of drug-likeness (QED) is 0.833. The van der Waals surface area contributed by atoms with Gasteiger partial charge in [0.1, 0.15) is 11.5 Å². The molecule has 1 heterocycles. The van der Waals surface area contributed by atoms with Crippen molar-refractivity contribution in [3.05, 3.63) is 29.8 Å². The number of carbonyl (C=O) groups is 1. The first-order valence-electron chi connectivity index (χ1n) is 5.57. The molecule has 2 rings (SSSR count). The maximum atomic E-state index is 12.6. The van der Waals surface area contributed by atoms with E-state index in [0.29, 0.717) is 5.92 Å². The number of carbonyl (C=O) groups excluding carboxylic acids is 1. The fraction of sp³-hybridized carbons (Fsp3) is 0.500. The monoisotopic (exact) mass is 222 g/mol. The van der Waals surface area contributed by atoms with Crippen LogP contribution in [0.3, 0.4) is 0 Å². The largest absolute Gasteiger partial charge is 0.348 e. The maximum Gasteiger partial charge on any atom is 0.270 e. The number of halogens is 1. The third-order valence-corrected chi connectivity index (χ3v) is 2.99. The van der Waals surface area contributed by atoms with E-state index in [1.54, 1.807) is 0 Å². The van der Waals surface area contributed by atoms with Crippen LogP contribution in [0.25, 0.3) is 0 Å². The average molecular weight is 222 g/mol. The van der Waals surface area contributed by atoms with E-state index in [0.717, 1.165) is 25.5 Å². The minimum atomic E-state index is -0.425. The maximum absolute atomic E-state index is 12.6. The number of nitrogens with zero attached hydrogens (tertiary/aromatic N) is 1. The van der Waals surface area contributed by atoms with Gasteiger partial charge < -0.3 is 5.32 Å². The highest BCUT2D eigenvalue weighted by Gasteiger charge is 2.23. The normalized spacial score (nSPS) is 24.4. The fourth-order valence-electron chi connectivity index (χ4n) is 2.11. The Labute approximate surface area is 94.1 Å². The van der Waals surface area contributed by atoms with E-state index in [4.69, 9.17) is 0 Å². The Morgan fingerprint density at radius 2 is 2.31 bits per heavy atom. The molecule has 1 aliphatic rings. The van der Waals surface area contributed by atoms with Gasteiger partial charge in [0.2, 0.25) is 0 Å². The predicted octanol–water partition coefficient (Wildman–Crippen LogP) is 2.14. The van der Waals surface area contributed by atoms with Crippen molar-refractivity contribution in [1.29, 1.82) is 0 Å². The molecule has 2 atom stereocenters. The molecular formula is C12H15FN2O. The molecule has 86 valence electrons. The average Bonchev–Trinajstić information content (AvgIpc) is 2.65. The van der Waals surface area contributed by atoms with E-state index in [2.05, 4.69) is 17.2 Å². The summed E-state index contributed by atoms with van der Waals surface area (Å²) in [6.07, 6.45) is 4.26. The molecule has 0 spiro atoms. The van der Waals surface area contributed by atoms with Crippen LogP contribution in [0.2, 0.25) is 0 Å². The zero-order valence-corrected chi connectivity index (χ0v) is 9.24. The summed E-state index contributed by atoms with van der Waals surface area (Å²) < 4.78 is 12.6. The Balaban J connectivity index is 1.95. The lowest BCUT2D eigenvalue weighted by atomic mass is 10.1. The van der Waals surface area contributed by atoms with Crippen molar-refractivity contribution in [2.45, 2.75) is 32.2 Å². The van der Waals surface area contributed by atoms with Crippen molar-refractivity contribution < 1.29 is 9.18 Å². The number of nitrogens with one attached hydrogen (secondary N) is 1. The smallest absolute Gasteiger partial charge is 0.270 e. The highest BCUT2D eigenvalue weighted by molar-refractivity contribution is 5.92. The van der Waals surface area contributed by atoms with Gasteiger partial charge in [-0.3, -0.25) is 4.79 Å². The molecule has 1 aromatic heterocycles. The van der Waals surface area contributed by atoms with Gasteiger partial charge in [-0.05, 0) is 37.3 Å². The molecule has 1 aromatic rings. The van der Waals surface area contributed by atoms with Crippen LogP contribution >= 0.6 is 0 Å². The van der Waals surface area contributed by atoms with Gasteiger partial charge in [-0.15, -0.1) is 0 Å². The Morgan fingerprint density at radius 3 is 2.88 bits per heavy atom. The van der Waals surface area contributed by atoms with Gasteiger partial charge in [0, 0.05) is 6.04 Å². The van der Waals surface area contributed by atoms with E-state index in [-0.39, 0.29) is 17.6 Å². The number of amides is 1. The molecule has 0 saturated heterocycles. The molecule has 0 aliphatic heterocycles. The molecule has 1 fully saturated rings. The van der Waals surface area contributed by atoms with Crippen LogP contribution in [-0.2, 0) is 0 Å². The third kappa shape index (κ3) is 2.56. The van der Waals surface area contributed by atoms with Crippen LogP contribution in [0.5, 0.6) is 0 Å². The van der Waals surface area contributed by atoms with Crippen LogP contribution in [0.4, 0.5) is 4.39 Å². The van der Waals surface area contributed by atoms with E-state index in [1.165, 1.54) is 12.1 Å². The molecule has 16 heavy (non-hydrogen) atoms. The first kappa shape index (κ1) is 11.0. The summed E-state index contributed by atoms with van der Waals surface area (Å²) in [5.41, 5.74) is 0.279. The van der Waals surface area contributed by atoms with Crippen molar-refractivity contribution in [3.63, 3.8) is 0 Å². The highest BCUT2D eigenvalue weighted by atomic mass is 19.1. The van der Waals surface area contributed by atoms with Crippen LogP contribution < -0.4 is 5.32 Å². The first-order chi connectivity index (χ1) is 7.65. The van der Waals surface area contributed by atoms with Crippen molar-refractivity contribution >= 4 is 5.91 Å². The van der Waals surface area contributed by atoms with Gasteiger partial charge in [0.15, 0.2) is 0 Å². The van der Waals surface area contributed by atoms with Crippen molar-refractivity contribution in [1.82, 2.24) is 10.3 Å². The number of hydrogen-bond acceptors (Lipinski definition) is 2. The van der Waals surface area contributed by atoms with Crippen LogP contribution in [-0.4, -0.2) is 16.9 Å². The van der Waals surface area contributed by atoms with Crippen LogP contribution in [0, 0.1) is 11.7 Å². The minimum absolute atomic E-state index is 0.209. The van der Waals surface area contributed by atoms with Gasteiger partial charge in [0.05, 0.1) is 6.20 Å². The standard InChI is InChI=1S/C12H15FN2O/c1-8-2-4-10(6-8)15-12(16)11-5-3-9(13)7-14-11/h3,5,7-8,10H,2,4,6H2,1H3,(H,15,16). The van der Waals surface area contributed by atoms with Gasteiger partial charge in [-0.25, -0.2) is 9.37 Å². The summed E-state index contributed by atoms with van der Waals surface area (Å²) in [6.45, 7) is 2.18. The first-order valence-corrected chi connectivity index (χ1v) is 5.57. The second kappa shape index (κ2) is 4.60. The van der Waals surface area contributed by atoms with E-state index in [1.807, 2.05) is 0 Å². The lowest BCUT2D eigenvalue weighted by molar-refractivity contribution is 0.0932. The fourth-order valence-corrected chi connectivity index (χ4v) is 2.11. The molecule has 4 heteroatoms. The molecule has 0 aromatic carbocycles. The third-order valence-electron chi connectivity index (χ3n) is 2.99. The molecule has 3 nitrogen and oxygen atoms in total. The number of rotatable bonds is 2. The zero-order chi connectivity index (χ0) is 11.5. The number of pyridine rings is 1. The summed E-state index contributed by atoms with van der Waals surface area (Å²) in [7, 11) is 0. The minimum Gasteiger partial charge on any atom is -0.348 e. The number of hydrogen-bond donors (Lipinski definition) is 1. The van der Waals surface area contributed by atoms with Gasteiger partial charge in [-0.1, -0.05) is 6.92 Å². The topological polar surface area (TPSA) is 42.0 Å². The van der Waals surface area contributed by atoms with E-state index < -0.39 is 5.82 Å². The molecule has 1 aliphatic carbocycles. The Hall–Kier alpha value is -1.45. The van der Waals surface area contributed by atoms with Gasteiger partial charge in [-0.2, -0.15) is 0 Å². The highest BCUT2D eigenvalue weighted by Crippen LogP contribution is 2.24. The number of aromatic nitrogens is 1. The Kier molecular flexibility index (Phi) is 3.17. The lowest BCUT2D eigenvalue weighted by Gasteiger charge is -2.11. The van der Waals surface area contributed by atoms with Crippen molar-refractivity contribution in [2.24, 2.45) is 5.92 Å². The molecule has 1 saturated carbocycles. The van der Waals surface area contributed by atoms with E-state index >= 15 is 0 Å². The summed E-state index contributed by atoms with van der Waals surface area (Å²) in [4.78, 5) is 15.5. The molecule has 1 N–H and O–H groups in total. The second-order valence-electron chi connectivity index (χ2n) is 4.45. The second-order valence-corrected chi connectivity index (χ2v) is 4.45. The summed E-state index contributed by atoms with van der Waals surface area (Å²) >= 11 is 0. The predicted molar refractivity (Wildman–Crippen MR) is 58.5 cm³/mol. The molecule has 0 bridgehead atoms. The van der Waals surface area contributed by atoms with Crippen LogP contribution in [0.15, 0.2) is 18.3 Å². The van der Waals surface area contributed by atoms with Gasteiger partial charge >= 0.3 is 0 Å². The molecule has 2 unspecified atom stereocenters. The molecule has 0 radical (unpaired) electrons. The summed E-state index contributed by atoms with van der Waals surface area (Å²) in [6, 6.07) is 2.90. The SMILES string of the molecule is CC1CCC(NC(=O)c2ccc(F)cn2)C1. The van der Waals surface area contributed by atoms with Crippen LogP contribution in [0.1, 0.15) is 36.7 Å². The zero-order valence-electron chi connectivity index (χ0n) is 9.24. The Bertz CT molecular complexity index is 377. The van der Waals surface area contributed by atoms with Crippen molar-refractivity contribution in [2.75, 3.05) is 0 Å². The Morgan fingerprint density at radius 1 is 1.50 bits per heavy atom. The summed E-state index contributed by atoms with van der Waals surface area (Å²) in [5.74, 6) is 0.0385. The summed E-state index contributed by atoms with van der Waals surface area (Å²) in [5, 5.41) is 2.92. The molecule has 1 amide bonds.